The topological polar surface area (TPSA) is 101 Å². The lowest BCUT2D eigenvalue weighted by molar-refractivity contribution is 0.0976. The van der Waals surface area contributed by atoms with Crippen LogP contribution in [0.4, 0.5) is 5.82 Å². The van der Waals surface area contributed by atoms with Crippen LogP contribution in [0.5, 0.6) is 0 Å². The van der Waals surface area contributed by atoms with E-state index < -0.39 is 0 Å². The van der Waals surface area contributed by atoms with Crippen LogP contribution in [0.25, 0.3) is 39.3 Å². The molecule has 0 spiro atoms. The number of H-pyrrole nitrogens is 1. The molecule has 1 saturated carbocycles. The summed E-state index contributed by atoms with van der Waals surface area (Å²) >= 11 is 1.62. The first kappa shape index (κ1) is 21.9. The number of aromatic nitrogens is 6. The Morgan fingerprint density at radius 1 is 1.05 bits per heavy atom. The molecule has 8 nitrogen and oxygen atoms in total. The summed E-state index contributed by atoms with van der Waals surface area (Å²) in [7, 11) is 0. The molecule has 0 saturated heterocycles. The summed E-state index contributed by atoms with van der Waals surface area (Å²) in [4.78, 5) is 34.9. The Morgan fingerprint density at radius 2 is 1.92 bits per heavy atom. The van der Waals surface area contributed by atoms with E-state index in [0.29, 0.717) is 41.7 Å². The van der Waals surface area contributed by atoms with Crippen LogP contribution in [0.2, 0.25) is 0 Å². The summed E-state index contributed by atoms with van der Waals surface area (Å²) in [5.41, 5.74) is 5.89. The van der Waals surface area contributed by atoms with E-state index in [1.54, 1.807) is 17.7 Å². The molecule has 6 aromatic rings. The zero-order chi connectivity index (χ0) is 24.8. The number of para-hydroxylation sites is 2. The van der Waals surface area contributed by atoms with Crippen molar-refractivity contribution in [2.75, 3.05) is 5.32 Å². The van der Waals surface area contributed by atoms with E-state index in [1.807, 2.05) is 64.5 Å². The highest BCUT2D eigenvalue weighted by Gasteiger charge is 2.25. The number of fused-ring (bicyclic) bond motifs is 2. The molecule has 1 fully saturated rings. The fourth-order valence-corrected chi connectivity index (χ4v) is 5.13. The van der Waals surface area contributed by atoms with Crippen molar-refractivity contribution in [2.24, 2.45) is 5.92 Å². The van der Waals surface area contributed by atoms with Gasteiger partial charge in [-0.05, 0) is 42.3 Å². The molecule has 1 aliphatic rings. The predicted octanol–water partition coefficient (Wildman–Crippen LogP) is 6.02. The number of aromatic amines is 1. The first-order valence-corrected chi connectivity index (χ1v) is 13.2. The average Bonchev–Trinajstić information content (AvgIpc) is 3.29. The Morgan fingerprint density at radius 3 is 2.70 bits per heavy atom. The molecule has 0 atom stereocenters. The van der Waals surface area contributed by atoms with E-state index in [1.165, 1.54) is 12.8 Å². The monoisotopic (exact) mass is 505 g/mol. The molecule has 37 heavy (non-hydrogen) atoms. The van der Waals surface area contributed by atoms with Crippen molar-refractivity contribution in [3.63, 3.8) is 0 Å². The molecular weight excluding hydrogens is 482 g/mol. The van der Waals surface area contributed by atoms with Crippen LogP contribution in [0, 0.1) is 5.92 Å². The Bertz CT molecular complexity index is 1700. The van der Waals surface area contributed by atoms with Crippen molar-refractivity contribution in [1.29, 1.82) is 0 Å². The largest absolute Gasteiger partial charge is 0.361 e. The molecule has 4 aromatic heterocycles. The molecule has 2 N–H and O–H groups in total. The summed E-state index contributed by atoms with van der Waals surface area (Å²) in [6.45, 7) is 0.458. The SMILES string of the molecule is O=C(CC1CC1)c1ccc(-c2nc(NCc3nc4ccccc4[nH]3)c3ncn(-c4ccsc4)c3n2)cc1. The van der Waals surface area contributed by atoms with Crippen molar-refractivity contribution in [1.82, 2.24) is 29.5 Å². The molecule has 0 amide bonds. The Labute approximate surface area is 216 Å². The highest BCUT2D eigenvalue weighted by atomic mass is 32.1. The van der Waals surface area contributed by atoms with Crippen LogP contribution in [0.3, 0.4) is 0 Å². The van der Waals surface area contributed by atoms with Gasteiger partial charge in [0, 0.05) is 22.9 Å². The maximum atomic E-state index is 12.5. The molecule has 0 bridgehead atoms. The minimum absolute atomic E-state index is 0.203. The number of ketones is 1. The standard InChI is InChI=1S/C28H23N7OS/c36-23(13-17-5-6-17)18-7-9-19(10-8-18)26-33-27(29-14-24-31-21-3-1-2-4-22(21)32-24)25-28(34-26)35(16-30-25)20-11-12-37-15-20/h1-4,7-12,15-17H,5-6,13-14H2,(H,31,32)(H,29,33,34). The van der Waals surface area contributed by atoms with Crippen LogP contribution in [0.1, 0.15) is 35.4 Å². The summed E-state index contributed by atoms with van der Waals surface area (Å²) in [6.07, 6.45) is 4.74. The number of Topliss-reactive ketones (excluding diaryl/α,β-unsaturated/α-hetero) is 1. The highest BCUT2D eigenvalue weighted by Crippen LogP contribution is 2.34. The third-order valence-electron chi connectivity index (χ3n) is 6.68. The molecular formula is C28H23N7OS. The molecule has 182 valence electrons. The van der Waals surface area contributed by atoms with Gasteiger partial charge in [0.1, 0.15) is 12.2 Å². The average molecular weight is 506 g/mol. The summed E-state index contributed by atoms with van der Waals surface area (Å²) in [5, 5.41) is 7.51. The van der Waals surface area contributed by atoms with E-state index >= 15 is 0 Å². The summed E-state index contributed by atoms with van der Waals surface area (Å²) in [6, 6.07) is 17.6. The molecule has 1 aliphatic carbocycles. The van der Waals surface area contributed by atoms with E-state index in [4.69, 9.17) is 9.97 Å². The van der Waals surface area contributed by atoms with Crippen molar-refractivity contribution in [3.05, 3.63) is 83.1 Å². The quantitative estimate of drug-likeness (QED) is 0.246. The van der Waals surface area contributed by atoms with E-state index in [2.05, 4.69) is 25.6 Å². The van der Waals surface area contributed by atoms with Crippen molar-refractivity contribution in [3.8, 4) is 17.1 Å². The number of benzene rings is 2. The number of hydrogen-bond donors (Lipinski definition) is 2. The van der Waals surface area contributed by atoms with E-state index in [9.17, 15) is 4.79 Å². The van der Waals surface area contributed by atoms with Crippen LogP contribution in [-0.4, -0.2) is 35.3 Å². The molecule has 9 heteroatoms. The van der Waals surface area contributed by atoms with Gasteiger partial charge in [-0.3, -0.25) is 9.36 Å². The third kappa shape index (κ3) is 4.27. The van der Waals surface area contributed by atoms with E-state index in [-0.39, 0.29) is 5.78 Å². The molecule has 7 rings (SSSR count). The Hall–Kier alpha value is -4.37. The normalized spacial score (nSPS) is 13.4. The number of rotatable bonds is 8. The number of carbonyl (C=O) groups is 1. The lowest BCUT2D eigenvalue weighted by atomic mass is 10.0. The maximum Gasteiger partial charge on any atom is 0.170 e. The molecule has 2 aromatic carbocycles. The predicted molar refractivity (Wildman–Crippen MR) is 145 cm³/mol. The van der Waals surface area contributed by atoms with Gasteiger partial charge in [0.15, 0.2) is 28.6 Å². The van der Waals surface area contributed by atoms with Gasteiger partial charge in [-0.2, -0.15) is 11.3 Å². The number of imidazole rings is 2. The minimum Gasteiger partial charge on any atom is -0.361 e. The van der Waals surface area contributed by atoms with Gasteiger partial charge in [0.05, 0.1) is 23.3 Å². The van der Waals surface area contributed by atoms with Gasteiger partial charge in [-0.15, -0.1) is 0 Å². The third-order valence-corrected chi connectivity index (χ3v) is 7.35. The lowest BCUT2D eigenvalue weighted by Gasteiger charge is -2.09. The Kier molecular flexibility index (Phi) is 5.28. The van der Waals surface area contributed by atoms with Gasteiger partial charge in [0.2, 0.25) is 0 Å². The van der Waals surface area contributed by atoms with Crippen LogP contribution >= 0.6 is 11.3 Å². The van der Waals surface area contributed by atoms with Gasteiger partial charge >= 0.3 is 0 Å². The maximum absolute atomic E-state index is 12.5. The minimum atomic E-state index is 0.203. The summed E-state index contributed by atoms with van der Waals surface area (Å²) in [5.74, 6) is 2.77. The number of hydrogen-bond acceptors (Lipinski definition) is 7. The van der Waals surface area contributed by atoms with Gasteiger partial charge < -0.3 is 10.3 Å². The zero-order valence-corrected chi connectivity index (χ0v) is 20.7. The van der Waals surface area contributed by atoms with Gasteiger partial charge in [0.25, 0.3) is 0 Å². The van der Waals surface area contributed by atoms with Crippen molar-refractivity contribution < 1.29 is 4.79 Å². The second kappa shape index (κ2) is 8.94. The zero-order valence-electron chi connectivity index (χ0n) is 19.9. The molecule has 0 unspecified atom stereocenters. The van der Waals surface area contributed by atoms with E-state index in [0.717, 1.165) is 33.7 Å². The number of anilines is 1. The molecule has 0 radical (unpaired) electrons. The first-order chi connectivity index (χ1) is 18.2. The van der Waals surface area contributed by atoms with Gasteiger partial charge in [-0.1, -0.05) is 36.4 Å². The lowest BCUT2D eigenvalue weighted by Crippen LogP contribution is -2.06. The first-order valence-electron chi connectivity index (χ1n) is 12.3. The Balaban J connectivity index is 1.25. The fourth-order valence-electron chi connectivity index (χ4n) is 4.50. The highest BCUT2D eigenvalue weighted by molar-refractivity contribution is 7.08. The molecule has 4 heterocycles. The number of nitrogens with zero attached hydrogens (tertiary/aromatic N) is 5. The second-order valence-corrected chi connectivity index (χ2v) is 10.1. The van der Waals surface area contributed by atoms with Crippen molar-refractivity contribution in [2.45, 2.75) is 25.8 Å². The molecule has 0 aliphatic heterocycles. The number of nitrogens with one attached hydrogen (secondary N) is 2. The van der Waals surface area contributed by atoms with Crippen LogP contribution in [-0.2, 0) is 6.54 Å². The summed E-state index contributed by atoms with van der Waals surface area (Å²) < 4.78 is 1.97. The van der Waals surface area contributed by atoms with Gasteiger partial charge in [-0.25, -0.2) is 19.9 Å². The smallest absolute Gasteiger partial charge is 0.170 e. The number of carbonyl (C=O) groups excluding carboxylic acids is 1. The van der Waals surface area contributed by atoms with Crippen LogP contribution in [0.15, 0.2) is 71.7 Å². The van der Waals surface area contributed by atoms with Crippen molar-refractivity contribution >= 4 is 45.1 Å². The number of thiophene rings is 1. The second-order valence-electron chi connectivity index (χ2n) is 9.37. The fraction of sp³-hybridized carbons (Fsp3) is 0.179. The van der Waals surface area contributed by atoms with Crippen LogP contribution < -0.4 is 5.32 Å².